The molecule has 0 aromatic rings. The Morgan fingerprint density at radius 1 is 0.974 bits per heavy atom. The predicted molar refractivity (Wildman–Crippen MR) is 173 cm³/mol. The molecule has 0 amide bonds. The van der Waals surface area contributed by atoms with Crippen molar-refractivity contribution in [2.75, 3.05) is 0 Å². The molecule has 3 aliphatic rings. The molecule has 3 nitrogen and oxygen atoms in total. The standard InChI is InChI=1S/C34H62O3Si2/c1-24(2)29-19-20-30-26(16-15-21-33(29,30)10)17-18-27-22-28(36-38(11,12)31(4,5)6)23-34(35,25(27)3)37-39(13,14)32(7,8)9/h17-18,24,28-30,35H,3,15-16,19-23H2,1-2,4-14H3/b26-17+,27-18-/t28-,29-,30+,33-,34+/m1/s1. The maximum absolute atomic E-state index is 12.2. The van der Waals surface area contributed by atoms with E-state index >= 15 is 0 Å². The van der Waals surface area contributed by atoms with Gasteiger partial charge in [-0.15, -0.1) is 0 Å². The number of hydrogen-bond acceptors (Lipinski definition) is 3. The summed E-state index contributed by atoms with van der Waals surface area (Å²) in [5.41, 5.74) is 3.86. The van der Waals surface area contributed by atoms with Gasteiger partial charge in [-0.05, 0) is 104 Å². The van der Waals surface area contributed by atoms with E-state index in [1.807, 2.05) is 0 Å². The van der Waals surface area contributed by atoms with Gasteiger partial charge in [0.25, 0.3) is 0 Å². The molecule has 1 N–H and O–H groups in total. The molecule has 0 radical (unpaired) electrons. The topological polar surface area (TPSA) is 38.7 Å². The minimum Gasteiger partial charge on any atom is -0.413 e. The molecule has 0 aliphatic heterocycles. The summed E-state index contributed by atoms with van der Waals surface area (Å²) in [6.45, 7) is 34.5. The van der Waals surface area contributed by atoms with Crippen LogP contribution < -0.4 is 0 Å². The largest absolute Gasteiger partial charge is 0.413 e. The van der Waals surface area contributed by atoms with Crippen LogP contribution >= 0.6 is 0 Å². The van der Waals surface area contributed by atoms with Gasteiger partial charge in [-0.2, -0.15) is 0 Å². The zero-order chi connectivity index (χ0) is 29.8. The van der Waals surface area contributed by atoms with Crippen LogP contribution in [0.4, 0.5) is 0 Å². The second-order valence-electron chi connectivity index (χ2n) is 16.8. The third-order valence-electron chi connectivity index (χ3n) is 11.7. The SMILES string of the molecule is C=C1/C(=C\C=C2/CCC[C@]3(C)[C@@H](C(C)C)CC[C@@H]23)C[C@@H](O[Si](C)(C)C(C)(C)C)C[C@]1(O)O[Si](C)(C)C(C)(C)C. The Hall–Kier alpha value is -0.466. The average molecular weight is 575 g/mol. The first-order valence-corrected chi connectivity index (χ1v) is 21.6. The van der Waals surface area contributed by atoms with E-state index in [0.717, 1.165) is 29.4 Å². The van der Waals surface area contributed by atoms with Gasteiger partial charge in [-0.3, -0.25) is 0 Å². The molecule has 0 aromatic carbocycles. The molecule has 0 heterocycles. The lowest BCUT2D eigenvalue weighted by molar-refractivity contribution is -0.141. The summed E-state index contributed by atoms with van der Waals surface area (Å²) in [7, 11) is -4.29. The van der Waals surface area contributed by atoms with E-state index in [4.69, 9.17) is 8.85 Å². The molecule has 5 heteroatoms. The zero-order valence-electron chi connectivity index (χ0n) is 27.9. The lowest BCUT2D eigenvalue weighted by Crippen LogP contribution is -2.55. The van der Waals surface area contributed by atoms with E-state index in [-0.39, 0.29) is 16.2 Å². The van der Waals surface area contributed by atoms with Crippen molar-refractivity contribution in [2.24, 2.45) is 23.2 Å². The quantitative estimate of drug-likeness (QED) is 0.253. The van der Waals surface area contributed by atoms with E-state index < -0.39 is 22.4 Å². The minimum absolute atomic E-state index is 0.00984. The van der Waals surface area contributed by atoms with Crippen LogP contribution in [0.1, 0.15) is 107 Å². The van der Waals surface area contributed by atoms with Crippen LogP contribution in [0.5, 0.6) is 0 Å². The summed E-state index contributed by atoms with van der Waals surface area (Å²) in [5.74, 6) is 0.838. The highest BCUT2D eigenvalue weighted by Gasteiger charge is 2.52. The van der Waals surface area contributed by atoms with Gasteiger partial charge in [-0.1, -0.05) is 86.6 Å². The molecule has 0 bridgehead atoms. The molecule has 3 rings (SSSR count). The average Bonchev–Trinajstić information content (AvgIpc) is 3.10. The summed E-state index contributed by atoms with van der Waals surface area (Å²) in [6.07, 6.45) is 12.3. The molecule has 0 saturated heterocycles. The Kier molecular flexibility index (Phi) is 9.31. The van der Waals surface area contributed by atoms with Gasteiger partial charge < -0.3 is 14.0 Å². The van der Waals surface area contributed by atoms with Crippen molar-refractivity contribution in [3.8, 4) is 0 Å². The minimum atomic E-state index is -2.26. The third-order valence-corrected chi connectivity index (χ3v) is 20.6. The van der Waals surface area contributed by atoms with Crippen LogP contribution in [0.3, 0.4) is 0 Å². The van der Waals surface area contributed by atoms with E-state index in [2.05, 4.69) is 107 Å². The molecule has 5 atom stereocenters. The fraction of sp³-hybridized carbons (Fsp3) is 0.824. The van der Waals surface area contributed by atoms with Gasteiger partial charge in [0.2, 0.25) is 0 Å². The Bertz CT molecular complexity index is 977. The van der Waals surface area contributed by atoms with Crippen molar-refractivity contribution < 1.29 is 14.0 Å². The van der Waals surface area contributed by atoms with Crippen molar-refractivity contribution >= 4 is 16.6 Å². The lowest BCUT2D eigenvalue weighted by Gasteiger charge is -2.49. The van der Waals surface area contributed by atoms with Crippen molar-refractivity contribution in [1.29, 1.82) is 0 Å². The van der Waals surface area contributed by atoms with Gasteiger partial charge in [0.1, 0.15) is 0 Å². The van der Waals surface area contributed by atoms with Crippen LogP contribution in [-0.4, -0.2) is 33.6 Å². The highest BCUT2D eigenvalue weighted by Crippen LogP contribution is 2.59. The molecular formula is C34H62O3Si2. The molecule has 0 aromatic heterocycles. The van der Waals surface area contributed by atoms with Gasteiger partial charge in [0.05, 0.1) is 6.10 Å². The van der Waals surface area contributed by atoms with Gasteiger partial charge >= 0.3 is 0 Å². The van der Waals surface area contributed by atoms with Crippen LogP contribution in [0.15, 0.2) is 35.5 Å². The molecule has 3 fully saturated rings. The van der Waals surface area contributed by atoms with Gasteiger partial charge in [-0.25, -0.2) is 0 Å². The van der Waals surface area contributed by atoms with E-state index in [1.54, 1.807) is 5.57 Å². The first kappa shape index (κ1) is 33.0. The van der Waals surface area contributed by atoms with Gasteiger partial charge in [0.15, 0.2) is 22.4 Å². The normalized spacial score (nSPS) is 35.3. The second-order valence-corrected chi connectivity index (χ2v) is 26.3. The molecule has 3 aliphatic carbocycles. The van der Waals surface area contributed by atoms with Gasteiger partial charge in [0, 0.05) is 12.0 Å². The summed E-state index contributed by atoms with van der Waals surface area (Å²) in [6, 6.07) is 0. The molecule has 0 unspecified atom stereocenters. The zero-order valence-corrected chi connectivity index (χ0v) is 29.9. The monoisotopic (exact) mass is 574 g/mol. The summed E-state index contributed by atoms with van der Waals surface area (Å²) in [4.78, 5) is 0. The van der Waals surface area contributed by atoms with E-state index in [1.165, 1.54) is 32.1 Å². The Labute approximate surface area is 244 Å². The number of hydrogen-bond donors (Lipinski definition) is 1. The van der Waals surface area contributed by atoms with Crippen molar-refractivity contribution in [1.82, 2.24) is 0 Å². The summed E-state index contributed by atoms with van der Waals surface area (Å²) >= 11 is 0. The fourth-order valence-corrected chi connectivity index (χ4v) is 9.94. The van der Waals surface area contributed by atoms with E-state index in [0.29, 0.717) is 17.8 Å². The summed E-state index contributed by atoms with van der Waals surface area (Å²) in [5, 5.41) is 12.3. The van der Waals surface area contributed by atoms with Crippen LogP contribution in [0.25, 0.3) is 0 Å². The second kappa shape index (κ2) is 11.0. The fourth-order valence-electron chi connectivity index (χ4n) is 7.23. The smallest absolute Gasteiger partial charge is 0.196 e. The number of allylic oxidation sites excluding steroid dienone is 3. The first-order valence-electron chi connectivity index (χ1n) is 15.7. The molecule has 0 spiro atoms. The summed E-state index contributed by atoms with van der Waals surface area (Å²) < 4.78 is 13.7. The molecule has 3 saturated carbocycles. The Morgan fingerprint density at radius 3 is 2.10 bits per heavy atom. The highest BCUT2D eigenvalue weighted by atomic mass is 28.4. The lowest BCUT2D eigenvalue weighted by atomic mass is 9.61. The molecular weight excluding hydrogens is 513 g/mol. The first-order chi connectivity index (χ1) is 17.5. The molecule has 224 valence electrons. The Balaban J connectivity index is 1.99. The maximum Gasteiger partial charge on any atom is 0.196 e. The predicted octanol–water partition coefficient (Wildman–Crippen LogP) is 10.2. The third kappa shape index (κ3) is 6.63. The van der Waals surface area contributed by atoms with E-state index in [9.17, 15) is 5.11 Å². The number of rotatable bonds is 6. The maximum atomic E-state index is 12.2. The number of fused-ring (bicyclic) bond motifs is 1. The molecule has 39 heavy (non-hydrogen) atoms. The van der Waals surface area contributed by atoms with Crippen LogP contribution in [0, 0.1) is 23.2 Å². The number of aliphatic hydroxyl groups is 1. The van der Waals surface area contributed by atoms with Crippen LogP contribution in [-0.2, 0) is 8.85 Å². The van der Waals surface area contributed by atoms with Crippen molar-refractivity contribution in [3.05, 3.63) is 35.5 Å². The van der Waals surface area contributed by atoms with Crippen molar-refractivity contribution in [3.63, 3.8) is 0 Å². The highest BCUT2D eigenvalue weighted by molar-refractivity contribution is 6.74. The van der Waals surface area contributed by atoms with Crippen LogP contribution in [0.2, 0.25) is 36.3 Å². The van der Waals surface area contributed by atoms with Crippen molar-refractivity contribution in [2.45, 2.75) is 155 Å². The Morgan fingerprint density at radius 2 is 1.56 bits per heavy atom.